The summed E-state index contributed by atoms with van der Waals surface area (Å²) in [5.74, 6) is 0.542. The average molecular weight is 425 g/mol. The zero-order valence-corrected chi connectivity index (χ0v) is 17.0. The van der Waals surface area contributed by atoms with E-state index in [-0.39, 0.29) is 30.2 Å². The fourth-order valence-corrected chi connectivity index (χ4v) is 4.51. The first kappa shape index (κ1) is 20.4. The normalized spacial score (nSPS) is 21.8. The van der Waals surface area contributed by atoms with Crippen molar-refractivity contribution < 1.29 is 13.9 Å². The molecule has 1 fully saturated rings. The predicted octanol–water partition coefficient (Wildman–Crippen LogP) is 4.75. The Kier molecular flexibility index (Phi) is 5.50. The molecule has 1 saturated heterocycles. The first-order valence-corrected chi connectivity index (χ1v) is 9.78. The monoisotopic (exact) mass is 424 g/mol. The van der Waals surface area contributed by atoms with Gasteiger partial charge in [-0.3, -0.25) is 4.79 Å². The van der Waals surface area contributed by atoms with Crippen molar-refractivity contribution in [3.63, 3.8) is 0 Å². The van der Waals surface area contributed by atoms with Crippen LogP contribution in [0.15, 0.2) is 72.8 Å². The lowest BCUT2D eigenvalue weighted by atomic mass is 9.73. The van der Waals surface area contributed by atoms with E-state index in [4.69, 9.17) is 4.74 Å². The highest BCUT2D eigenvalue weighted by Gasteiger charge is 2.55. The molecule has 2 heterocycles. The Morgan fingerprint density at radius 1 is 1.00 bits per heavy atom. The average Bonchev–Trinajstić information content (AvgIpc) is 3.31. The second kappa shape index (κ2) is 8.09. The molecular formula is C24H22ClFN2O2. The second-order valence-corrected chi connectivity index (χ2v) is 7.59. The molecule has 1 amide bonds. The molecule has 0 bridgehead atoms. The van der Waals surface area contributed by atoms with Crippen molar-refractivity contribution in [1.29, 1.82) is 0 Å². The van der Waals surface area contributed by atoms with Crippen LogP contribution in [0, 0.1) is 5.82 Å². The molecule has 3 aromatic carbocycles. The molecule has 6 heteroatoms. The molecule has 1 spiro atoms. The van der Waals surface area contributed by atoms with E-state index in [1.807, 2.05) is 48.5 Å². The third-order valence-corrected chi connectivity index (χ3v) is 5.95. The van der Waals surface area contributed by atoms with Crippen molar-refractivity contribution in [2.45, 2.75) is 24.5 Å². The molecule has 0 radical (unpaired) electrons. The fraction of sp³-hybridized carbons (Fsp3) is 0.208. The fourth-order valence-electron chi connectivity index (χ4n) is 4.51. The first-order valence-electron chi connectivity index (χ1n) is 9.78. The summed E-state index contributed by atoms with van der Waals surface area (Å²) in [4.78, 5) is 13.0. The number of halogens is 2. The molecule has 0 aliphatic carbocycles. The van der Waals surface area contributed by atoms with E-state index in [0.717, 1.165) is 41.1 Å². The van der Waals surface area contributed by atoms with Gasteiger partial charge in [0.2, 0.25) is 5.91 Å². The zero-order chi connectivity index (χ0) is 19.8. The summed E-state index contributed by atoms with van der Waals surface area (Å²) in [5.41, 5.74) is 3.37. The van der Waals surface area contributed by atoms with Gasteiger partial charge >= 0.3 is 0 Å². The van der Waals surface area contributed by atoms with Crippen molar-refractivity contribution in [2.24, 2.45) is 0 Å². The lowest BCUT2D eigenvalue weighted by Crippen LogP contribution is -2.39. The quantitative estimate of drug-likeness (QED) is 0.635. The third-order valence-electron chi connectivity index (χ3n) is 5.95. The van der Waals surface area contributed by atoms with Gasteiger partial charge in [-0.15, -0.1) is 12.4 Å². The largest absolute Gasteiger partial charge is 0.489 e. The van der Waals surface area contributed by atoms with Crippen LogP contribution in [0.5, 0.6) is 5.75 Å². The number of nitrogens with one attached hydrogen (secondary N) is 2. The molecule has 30 heavy (non-hydrogen) atoms. The Morgan fingerprint density at radius 2 is 1.73 bits per heavy atom. The molecule has 2 N–H and O–H groups in total. The minimum atomic E-state index is -0.576. The minimum absolute atomic E-state index is 0. The Morgan fingerprint density at radius 3 is 2.50 bits per heavy atom. The van der Waals surface area contributed by atoms with Gasteiger partial charge in [0.1, 0.15) is 18.2 Å². The summed E-state index contributed by atoms with van der Waals surface area (Å²) in [6.45, 7) is 1.16. The van der Waals surface area contributed by atoms with Gasteiger partial charge in [-0.1, -0.05) is 42.5 Å². The molecule has 2 aliphatic rings. The topological polar surface area (TPSA) is 50.4 Å². The van der Waals surface area contributed by atoms with Gasteiger partial charge in [0.05, 0.1) is 11.5 Å². The van der Waals surface area contributed by atoms with Crippen LogP contribution in [-0.4, -0.2) is 12.5 Å². The van der Waals surface area contributed by atoms with Crippen molar-refractivity contribution in [3.05, 3.63) is 95.3 Å². The molecule has 2 aliphatic heterocycles. The van der Waals surface area contributed by atoms with Gasteiger partial charge in [0.15, 0.2) is 0 Å². The number of amides is 1. The van der Waals surface area contributed by atoms with Crippen LogP contribution in [0.3, 0.4) is 0 Å². The molecule has 4 nitrogen and oxygen atoms in total. The van der Waals surface area contributed by atoms with Crippen LogP contribution in [0.4, 0.5) is 10.1 Å². The van der Waals surface area contributed by atoms with E-state index in [1.165, 1.54) is 12.1 Å². The van der Waals surface area contributed by atoms with Gasteiger partial charge in [-0.25, -0.2) is 4.39 Å². The Labute approximate surface area is 180 Å². The number of benzene rings is 3. The highest BCUT2D eigenvalue weighted by molar-refractivity contribution is 6.07. The van der Waals surface area contributed by atoms with Gasteiger partial charge in [0, 0.05) is 5.69 Å². The number of fused-ring (bicyclic) bond motifs is 2. The van der Waals surface area contributed by atoms with Crippen LogP contribution in [-0.2, 0) is 16.8 Å². The lowest BCUT2D eigenvalue weighted by molar-refractivity contribution is -0.121. The molecule has 0 saturated carbocycles. The SMILES string of the molecule is Cl.O=C1Nc2ccccc2C12CCNC2c1ccc(OCc2ccc(F)cc2)cc1. The number of carbonyl (C=O) groups excluding carboxylic acids is 1. The van der Waals surface area contributed by atoms with Crippen LogP contribution in [0.25, 0.3) is 0 Å². The summed E-state index contributed by atoms with van der Waals surface area (Å²) in [6.07, 6.45) is 0.767. The molecule has 2 unspecified atom stereocenters. The summed E-state index contributed by atoms with van der Waals surface area (Å²) >= 11 is 0. The zero-order valence-electron chi connectivity index (χ0n) is 16.2. The maximum absolute atomic E-state index is 13.0. The smallest absolute Gasteiger partial charge is 0.237 e. The van der Waals surface area contributed by atoms with Crippen LogP contribution in [0.2, 0.25) is 0 Å². The van der Waals surface area contributed by atoms with E-state index in [2.05, 4.69) is 10.6 Å². The highest BCUT2D eigenvalue weighted by Crippen LogP contribution is 2.50. The van der Waals surface area contributed by atoms with E-state index < -0.39 is 5.41 Å². The number of hydrogen-bond acceptors (Lipinski definition) is 3. The van der Waals surface area contributed by atoms with Gasteiger partial charge in [-0.05, 0) is 60.0 Å². The standard InChI is InChI=1S/C24H21FN2O2.ClH/c25-18-9-5-16(6-10-18)15-29-19-11-7-17(8-12-19)22-24(13-14-26-22)20-3-1-2-4-21(20)27-23(24)28;/h1-12,22,26H,13-15H2,(H,27,28);1H. The lowest BCUT2D eigenvalue weighted by Gasteiger charge is -2.29. The maximum atomic E-state index is 13.0. The number of hydrogen-bond donors (Lipinski definition) is 2. The Balaban J connectivity index is 0.00000218. The Bertz CT molecular complexity index is 1060. The third kappa shape index (κ3) is 3.34. The van der Waals surface area contributed by atoms with E-state index in [0.29, 0.717) is 6.61 Å². The van der Waals surface area contributed by atoms with Crippen molar-refractivity contribution >= 4 is 24.0 Å². The minimum Gasteiger partial charge on any atom is -0.489 e. The predicted molar refractivity (Wildman–Crippen MR) is 117 cm³/mol. The molecule has 154 valence electrons. The van der Waals surface area contributed by atoms with E-state index in [9.17, 15) is 9.18 Å². The van der Waals surface area contributed by atoms with Crippen molar-refractivity contribution in [2.75, 3.05) is 11.9 Å². The molecule has 3 aromatic rings. The van der Waals surface area contributed by atoms with Crippen molar-refractivity contribution in [3.8, 4) is 5.75 Å². The van der Waals surface area contributed by atoms with Crippen LogP contribution >= 0.6 is 12.4 Å². The summed E-state index contributed by atoms with van der Waals surface area (Å²) in [5, 5.41) is 6.58. The Hall–Kier alpha value is -2.89. The highest BCUT2D eigenvalue weighted by atomic mass is 35.5. The number of anilines is 1. The molecular weight excluding hydrogens is 403 g/mol. The number of rotatable bonds is 4. The van der Waals surface area contributed by atoms with E-state index >= 15 is 0 Å². The van der Waals surface area contributed by atoms with Gasteiger partial charge in [-0.2, -0.15) is 0 Å². The van der Waals surface area contributed by atoms with E-state index in [1.54, 1.807) is 12.1 Å². The number of carbonyl (C=O) groups is 1. The van der Waals surface area contributed by atoms with Crippen molar-refractivity contribution in [1.82, 2.24) is 5.32 Å². The summed E-state index contributed by atoms with van der Waals surface area (Å²) in [7, 11) is 0. The summed E-state index contributed by atoms with van der Waals surface area (Å²) < 4.78 is 18.8. The molecule has 5 rings (SSSR count). The first-order chi connectivity index (χ1) is 14.2. The van der Waals surface area contributed by atoms with Gasteiger partial charge in [0.25, 0.3) is 0 Å². The summed E-state index contributed by atoms with van der Waals surface area (Å²) in [6, 6.07) is 22.0. The molecule has 2 atom stereocenters. The number of para-hydroxylation sites is 1. The second-order valence-electron chi connectivity index (χ2n) is 7.59. The van der Waals surface area contributed by atoms with Gasteiger partial charge < -0.3 is 15.4 Å². The molecule has 0 aromatic heterocycles. The number of ether oxygens (including phenoxy) is 1. The van der Waals surface area contributed by atoms with Crippen LogP contribution < -0.4 is 15.4 Å². The van der Waals surface area contributed by atoms with Crippen LogP contribution in [0.1, 0.15) is 29.2 Å². The maximum Gasteiger partial charge on any atom is 0.237 e.